The van der Waals surface area contributed by atoms with Gasteiger partial charge in [-0.25, -0.2) is 0 Å². The predicted molar refractivity (Wildman–Crippen MR) is 96.9 cm³/mol. The summed E-state index contributed by atoms with van der Waals surface area (Å²) < 4.78 is 10.5. The van der Waals surface area contributed by atoms with Crippen LogP contribution in [0.5, 0.6) is 11.5 Å². The Balaban J connectivity index is 2.08. The lowest BCUT2D eigenvalue weighted by atomic mass is 10.0. The molecule has 0 radical (unpaired) electrons. The van der Waals surface area contributed by atoms with Crippen LogP contribution in [0.15, 0.2) is 18.2 Å². The molecule has 132 valence electrons. The van der Waals surface area contributed by atoms with Crippen LogP contribution in [0.4, 0.5) is 0 Å². The SMILES string of the molecule is COc1ccc(/C=C/C(=O)N(C)C2CCN(C)CC2)c(Cl)c1OC. The second kappa shape index (κ2) is 8.40. The highest BCUT2D eigenvalue weighted by Gasteiger charge is 2.22. The number of nitrogens with zero attached hydrogens (tertiary/aromatic N) is 2. The van der Waals surface area contributed by atoms with Crippen LogP contribution in [-0.2, 0) is 4.79 Å². The first-order chi connectivity index (χ1) is 11.5. The Bertz CT molecular complexity index is 611. The maximum Gasteiger partial charge on any atom is 0.246 e. The van der Waals surface area contributed by atoms with E-state index in [4.69, 9.17) is 21.1 Å². The Morgan fingerprint density at radius 1 is 1.29 bits per heavy atom. The van der Waals surface area contributed by atoms with Gasteiger partial charge in [-0.1, -0.05) is 11.6 Å². The van der Waals surface area contributed by atoms with Gasteiger partial charge in [0, 0.05) is 19.2 Å². The number of rotatable bonds is 5. The fourth-order valence-electron chi connectivity index (χ4n) is 2.87. The predicted octanol–water partition coefficient (Wildman–Crippen LogP) is 2.92. The molecule has 0 atom stereocenters. The van der Waals surface area contributed by atoms with E-state index in [1.54, 1.807) is 25.3 Å². The molecule has 1 aliphatic rings. The van der Waals surface area contributed by atoms with E-state index in [-0.39, 0.29) is 5.91 Å². The molecule has 0 unspecified atom stereocenters. The summed E-state index contributed by atoms with van der Waals surface area (Å²) in [6, 6.07) is 3.87. The Labute approximate surface area is 148 Å². The van der Waals surface area contributed by atoms with Crippen LogP contribution in [0, 0.1) is 0 Å². The van der Waals surface area contributed by atoms with E-state index in [0.29, 0.717) is 22.6 Å². The molecule has 0 N–H and O–H groups in total. The minimum Gasteiger partial charge on any atom is -0.493 e. The molecule has 0 saturated carbocycles. The van der Waals surface area contributed by atoms with Gasteiger partial charge in [0.1, 0.15) is 0 Å². The zero-order valence-corrected chi connectivity index (χ0v) is 15.5. The minimum absolute atomic E-state index is 0.0181. The van der Waals surface area contributed by atoms with E-state index >= 15 is 0 Å². The average Bonchev–Trinajstić information content (AvgIpc) is 2.60. The molecule has 0 bridgehead atoms. The van der Waals surface area contributed by atoms with E-state index in [9.17, 15) is 4.79 Å². The quantitative estimate of drug-likeness (QED) is 0.764. The summed E-state index contributed by atoms with van der Waals surface area (Å²) in [5.41, 5.74) is 0.722. The van der Waals surface area contributed by atoms with Crippen molar-refractivity contribution in [3.8, 4) is 11.5 Å². The number of amides is 1. The van der Waals surface area contributed by atoms with Crippen LogP contribution in [0.3, 0.4) is 0 Å². The van der Waals surface area contributed by atoms with Crippen molar-refractivity contribution in [1.29, 1.82) is 0 Å². The highest BCUT2D eigenvalue weighted by Crippen LogP contribution is 2.37. The van der Waals surface area contributed by atoms with E-state index in [1.165, 1.54) is 7.11 Å². The van der Waals surface area contributed by atoms with Gasteiger partial charge in [-0.05, 0) is 56.8 Å². The van der Waals surface area contributed by atoms with E-state index < -0.39 is 0 Å². The first-order valence-corrected chi connectivity index (χ1v) is 8.39. The van der Waals surface area contributed by atoms with E-state index in [2.05, 4.69) is 11.9 Å². The molecule has 0 spiro atoms. The zero-order valence-electron chi connectivity index (χ0n) is 14.7. The third-order valence-electron chi connectivity index (χ3n) is 4.50. The molecular weight excluding hydrogens is 328 g/mol. The molecular formula is C18H25ClN2O3. The molecule has 1 aliphatic heterocycles. The largest absolute Gasteiger partial charge is 0.493 e. The standard InChI is InChI=1S/C18H25ClN2O3/c1-20-11-9-14(10-12-20)21(2)16(22)8-6-13-5-7-15(23-3)18(24-4)17(13)19/h5-8,14H,9-12H2,1-4H3/b8-6+. The van der Waals surface area contributed by atoms with Gasteiger partial charge in [-0.2, -0.15) is 0 Å². The van der Waals surface area contributed by atoms with Crippen molar-refractivity contribution < 1.29 is 14.3 Å². The molecule has 2 rings (SSSR count). The number of benzene rings is 1. The Kier molecular flexibility index (Phi) is 6.52. The van der Waals surface area contributed by atoms with Crippen molar-refractivity contribution in [1.82, 2.24) is 9.80 Å². The van der Waals surface area contributed by atoms with Gasteiger partial charge in [0.15, 0.2) is 11.5 Å². The Hall–Kier alpha value is -1.72. The number of likely N-dealkylation sites (tertiary alicyclic amines) is 1. The van der Waals surface area contributed by atoms with E-state index in [1.807, 2.05) is 18.0 Å². The molecule has 24 heavy (non-hydrogen) atoms. The summed E-state index contributed by atoms with van der Waals surface area (Å²) in [6.07, 6.45) is 5.29. The van der Waals surface area contributed by atoms with Crippen LogP contribution in [0.2, 0.25) is 5.02 Å². The van der Waals surface area contributed by atoms with Gasteiger partial charge in [-0.15, -0.1) is 0 Å². The van der Waals surface area contributed by atoms with Gasteiger partial charge in [0.25, 0.3) is 0 Å². The molecule has 1 aromatic rings. The molecule has 0 aliphatic carbocycles. The van der Waals surface area contributed by atoms with Crippen molar-refractivity contribution >= 4 is 23.6 Å². The second-order valence-electron chi connectivity index (χ2n) is 6.02. The Morgan fingerprint density at radius 2 is 1.96 bits per heavy atom. The summed E-state index contributed by atoms with van der Waals surface area (Å²) in [4.78, 5) is 16.5. The summed E-state index contributed by atoms with van der Waals surface area (Å²) in [5, 5.41) is 0.433. The average molecular weight is 353 g/mol. The number of halogens is 1. The number of ether oxygens (including phenoxy) is 2. The van der Waals surface area contributed by atoms with Gasteiger partial charge in [-0.3, -0.25) is 4.79 Å². The lowest BCUT2D eigenvalue weighted by Gasteiger charge is -2.34. The minimum atomic E-state index is -0.0181. The smallest absolute Gasteiger partial charge is 0.246 e. The highest BCUT2D eigenvalue weighted by molar-refractivity contribution is 6.33. The number of piperidine rings is 1. The third-order valence-corrected chi connectivity index (χ3v) is 4.89. The molecule has 6 heteroatoms. The maximum atomic E-state index is 12.4. The second-order valence-corrected chi connectivity index (χ2v) is 6.40. The monoisotopic (exact) mass is 352 g/mol. The van der Waals surface area contributed by atoms with Crippen molar-refractivity contribution in [3.63, 3.8) is 0 Å². The first-order valence-electron chi connectivity index (χ1n) is 8.01. The summed E-state index contributed by atoms with van der Waals surface area (Å²) in [6.45, 7) is 2.04. The van der Waals surface area contributed by atoms with Crippen LogP contribution < -0.4 is 9.47 Å². The Morgan fingerprint density at radius 3 is 2.54 bits per heavy atom. The summed E-state index contributed by atoms with van der Waals surface area (Å²) >= 11 is 6.33. The molecule has 1 heterocycles. The van der Waals surface area contributed by atoms with Crippen LogP contribution in [0.1, 0.15) is 18.4 Å². The number of carbonyl (C=O) groups is 1. The fraction of sp³-hybridized carbons (Fsp3) is 0.500. The van der Waals surface area contributed by atoms with Crippen LogP contribution >= 0.6 is 11.6 Å². The number of carbonyl (C=O) groups excluding carboxylic acids is 1. The highest BCUT2D eigenvalue weighted by atomic mass is 35.5. The number of hydrogen-bond acceptors (Lipinski definition) is 4. The van der Waals surface area contributed by atoms with Crippen molar-refractivity contribution in [3.05, 3.63) is 28.8 Å². The van der Waals surface area contributed by atoms with Gasteiger partial charge in [0.05, 0.1) is 19.2 Å². The van der Waals surface area contributed by atoms with Gasteiger partial charge < -0.3 is 19.3 Å². The molecule has 1 fully saturated rings. The van der Waals surface area contributed by atoms with Crippen molar-refractivity contribution in [2.24, 2.45) is 0 Å². The fourth-order valence-corrected chi connectivity index (χ4v) is 3.17. The topological polar surface area (TPSA) is 42.0 Å². The first kappa shape index (κ1) is 18.6. The molecule has 1 aromatic carbocycles. The van der Waals surface area contributed by atoms with E-state index in [0.717, 1.165) is 31.5 Å². The molecule has 5 nitrogen and oxygen atoms in total. The molecule has 0 aromatic heterocycles. The van der Waals surface area contributed by atoms with Gasteiger partial charge in [0.2, 0.25) is 5.91 Å². The van der Waals surface area contributed by atoms with Crippen LogP contribution in [-0.4, -0.2) is 63.2 Å². The summed E-state index contributed by atoms with van der Waals surface area (Å²) in [7, 11) is 7.07. The van der Waals surface area contributed by atoms with Crippen molar-refractivity contribution in [2.45, 2.75) is 18.9 Å². The number of likely N-dealkylation sites (N-methyl/N-ethyl adjacent to an activating group) is 1. The maximum absolute atomic E-state index is 12.4. The van der Waals surface area contributed by atoms with Crippen LogP contribution in [0.25, 0.3) is 6.08 Å². The lowest BCUT2D eigenvalue weighted by Crippen LogP contribution is -2.43. The molecule has 1 amide bonds. The van der Waals surface area contributed by atoms with Gasteiger partial charge >= 0.3 is 0 Å². The number of methoxy groups -OCH3 is 2. The summed E-state index contributed by atoms with van der Waals surface area (Å²) in [5.74, 6) is 1.02. The number of hydrogen-bond donors (Lipinski definition) is 0. The zero-order chi connectivity index (χ0) is 17.7. The molecule has 1 saturated heterocycles. The lowest BCUT2D eigenvalue weighted by molar-refractivity contribution is -0.127. The normalized spacial score (nSPS) is 16.4. The van der Waals surface area contributed by atoms with Crippen molar-refractivity contribution in [2.75, 3.05) is 41.4 Å². The third kappa shape index (κ3) is 4.22.